The van der Waals surface area contributed by atoms with Gasteiger partial charge in [-0.25, -0.2) is 0 Å². The molecule has 2 atom stereocenters. The highest BCUT2D eigenvalue weighted by Gasteiger charge is 2.21. The molecule has 1 saturated heterocycles. The first-order chi connectivity index (χ1) is 6.22. The van der Waals surface area contributed by atoms with Crippen molar-refractivity contribution >= 4 is 0 Å². The Labute approximate surface area is 82.6 Å². The van der Waals surface area contributed by atoms with Crippen LogP contribution in [0, 0.1) is 0 Å². The van der Waals surface area contributed by atoms with Gasteiger partial charge in [0.05, 0.1) is 0 Å². The lowest BCUT2D eigenvalue weighted by Crippen LogP contribution is -2.28. The number of hydrogen-bond donors (Lipinski definition) is 1. The zero-order valence-electron chi connectivity index (χ0n) is 9.27. The summed E-state index contributed by atoms with van der Waals surface area (Å²) in [6.07, 6.45) is 9.00. The second-order valence-electron chi connectivity index (χ2n) is 4.44. The van der Waals surface area contributed by atoms with Crippen molar-refractivity contribution in [3.05, 3.63) is 11.6 Å². The number of rotatable bonds is 4. The molecule has 1 heterocycles. The molecule has 0 bridgehead atoms. The monoisotopic (exact) mass is 181 g/mol. The van der Waals surface area contributed by atoms with Crippen LogP contribution >= 0.6 is 0 Å². The molecule has 0 aliphatic carbocycles. The summed E-state index contributed by atoms with van der Waals surface area (Å²) in [5, 5.41) is 3.70. The highest BCUT2D eigenvalue weighted by molar-refractivity contribution is 4.97. The second-order valence-corrected chi connectivity index (χ2v) is 4.44. The molecule has 0 saturated carbocycles. The maximum absolute atomic E-state index is 3.70. The predicted octanol–water partition coefficient (Wildman–Crippen LogP) is 3.26. The van der Waals surface area contributed by atoms with Gasteiger partial charge in [-0.3, -0.25) is 0 Å². The Balaban J connectivity index is 2.21. The molecule has 1 nitrogen and oxygen atoms in total. The van der Waals surface area contributed by atoms with Crippen molar-refractivity contribution in [2.75, 3.05) is 0 Å². The minimum Gasteiger partial charge on any atom is -0.311 e. The number of nitrogens with one attached hydrogen (secondary N) is 1. The van der Waals surface area contributed by atoms with Crippen LogP contribution in [0.25, 0.3) is 0 Å². The van der Waals surface area contributed by atoms with E-state index in [1.165, 1.54) is 37.7 Å². The van der Waals surface area contributed by atoms with E-state index in [4.69, 9.17) is 0 Å². The quantitative estimate of drug-likeness (QED) is 0.656. The van der Waals surface area contributed by atoms with E-state index in [1.807, 2.05) is 0 Å². The van der Waals surface area contributed by atoms with Crippen molar-refractivity contribution < 1.29 is 0 Å². The zero-order valence-corrected chi connectivity index (χ0v) is 9.27. The van der Waals surface area contributed by atoms with Crippen molar-refractivity contribution in [3.63, 3.8) is 0 Å². The summed E-state index contributed by atoms with van der Waals surface area (Å²) in [5.41, 5.74) is 1.45. The molecule has 1 aliphatic heterocycles. The molecule has 1 N–H and O–H groups in total. The van der Waals surface area contributed by atoms with Crippen molar-refractivity contribution in [1.82, 2.24) is 5.32 Å². The summed E-state index contributed by atoms with van der Waals surface area (Å²) in [7, 11) is 0. The van der Waals surface area contributed by atoms with Crippen LogP contribution in [0.1, 0.15) is 52.9 Å². The first-order valence-corrected chi connectivity index (χ1v) is 5.61. The third kappa shape index (κ3) is 3.95. The van der Waals surface area contributed by atoms with E-state index >= 15 is 0 Å². The molecule has 0 aromatic carbocycles. The Kier molecular flexibility index (Phi) is 4.51. The van der Waals surface area contributed by atoms with Gasteiger partial charge in [0.15, 0.2) is 0 Å². The highest BCUT2D eigenvalue weighted by atomic mass is 15.0. The molecule has 76 valence electrons. The van der Waals surface area contributed by atoms with Crippen LogP contribution in [-0.4, -0.2) is 12.1 Å². The fraction of sp³-hybridized carbons (Fsp3) is 0.833. The molecule has 13 heavy (non-hydrogen) atoms. The van der Waals surface area contributed by atoms with Crippen LogP contribution in [0.5, 0.6) is 0 Å². The lowest BCUT2D eigenvalue weighted by molar-refractivity contribution is 0.507. The van der Waals surface area contributed by atoms with Crippen molar-refractivity contribution in [1.29, 1.82) is 0 Å². The highest BCUT2D eigenvalue weighted by Crippen LogP contribution is 2.18. The molecule has 2 unspecified atom stereocenters. The van der Waals surface area contributed by atoms with Gasteiger partial charge in [0.25, 0.3) is 0 Å². The van der Waals surface area contributed by atoms with E-state index in [0.29, 0.717) is 0 Å². The van der Waals surface area contributed by atoms with Crippen LogP contribution in [0.3, 0.4) is 0 Å². The number of allylic oxidation sites excluding steroid dienone is 1. The fourth-order valence-corrected chi connectivity index (χ4v) is 2.04. The summed E-state index contributed by atoms with van der Waals surface area (Å²) in [6, 6.07) is 1.56. The van der Waals surface area contributed by atoms with Gasteiger partial charge < -0.3 is 5.32 Å². The van der Waals surface area contributed by atoms with Gasteiger partial charge in [0.2, 0.25) is 0 Å². The molecule has 0 radical (unpaired) electrons. The average molecular weight is 181 g/mol. The Morgan fingerprint density at radius 2 is 2.00 bits per heavy atom. The Morgan fingerprint density at radius 1 is 1.31 bits per heavy atom. The average Bonchev–Trinajstić information content (AvgIpc) is 2.50. The van der Waals surface area contributed by atoms with Gasteiger partial charge in [-0.05, 0) is 39.5 Å². The zero-order chi connectivity index (χ0) is 9.68. The lowest BCUT2D eigenvalue weighted by Gasteiger charge is -2.11. The molecule has 0 aromatic rings. The molecule has 1 rings (SSSR count). The summed E-state index contributed by atoms with van der Waals surface area (Å²) in [6.45, 7) is 6.63. The molecule has 1 heteroatoms. The number of hydrogen-bond acceptors (Lipinski definition) is 1. The molecule has 0 aromatic heterocycles. The van der Waals surface area contributed by atoms with Crippen molar-refractivity contribution in [3.8, 4) is 0 Å². The predicted molar refractivity (Wildman–Crippen MR) is 58.9 cm³/mol. The minimum absolute atomic E-state index is 0.756. The van der Waals surface area contributed by atoms with E-state index < -0.39 is 0 Å². The van der Waals surface area contributed by atoms with E-state index in [0.717, 1.165) is 12.1 Å². The molecule has 0 amide bonds. The molecule has 1 aliphatic rings. The van der Waals surface area contributed by atoms with Gasteiger partial charge in [-0.1, -0.05) is 25.0 Å². The summed E-state index contributed by atoms with van der Waals surface area (Å²) >= 11 is 0. The van der Waals surface area contributed by atoms with Crippen LogP contribution in [0.15, 0.2) is 11.6 Å². The van der Waals surface area contributed by atoms with Gasteiger partial charge in [0, 0.05) is 12.1 Å². The first kappa shape index (κ1) is 10.8. The SMILES string of the molecule is CCCC1CCC(CC=C(C)C)N1. The van der Waals surface area contributed by atoms with Gasteiger partial charge in [-0.2, -0.15) is 0 Å². The normalized spacial score (nSPS) is 27.6. The van der Waals surface area contributed by atoms with Gasteiger partial charge in [-0.15, -0.1) is 0 Å². The van der Waals surface area contributed by atoms with Crippen LogP contribution in [-0.2, 0) is 0 Å². The third-order valence-corrected chi connectivity index (χ3v) is 2.78. The van der Waals surface area contributed by atoms with Crippen LogP contribution in [0.4, 0.5) is 0 Å². The smallest absolute Gasteiger partial charge is 0.0105 e. The standard InChI is InChI=1S/C12H23N/c1-4-5-11-8-9-12(13-11)7-6-10(2)3/h6,11-13H,4-5,7-9H2,1-3H3. The summed E-state index contributed by atoms with van der Waals surface area (Å²) in [4.78, 5) is 0. The maximum Gasteiger partial charge on any atom is 0.0105 e. The van der Waals surface area contributed by atoms with Crippen molar-refractivity contribution in [2.45, 2.75) is 65.0 Å². The second kappa shape index (κ2) is 5.43. The topological polar surface area (TPSA) is 12.0 Å². The molecule has 0 spiro atoms. The van der Waals surface area contributed by atoms with Gasteiger partial charge >= 0.3 is 0 Å². The Morgan fingerprint density at radius 3 is 2.62 bits per heavy atom. The lowest BCUT2D eigenvalue weighted by atomic mass is 10.1. The Hall–Kier alpha value is -0.300. The molecule has 1 fully saturated rings. The maximum atomic E-state index is 3.70. The molecular weight excluding hydrogens is 158 g/mol. The van der Waals surface area contributed by atoms with Crippen LogP contribution < -0.4 is 5.32 Å². The first-order valence-electron chi connectivity index (χ1n) is 5.61. The van der Waals surface area contributed by atoms with Crippen molar-refractivity contribution in [2.24, 2.45) is 0 Å². The van der Waals surface area contributed by atoms with Crippen LogP contribution in [0.2, 0.25) is 0 Å². The minimum atomic E-state index is 0.756. The summed E-state index contributed by atoms with van der Waals surface area (Å²) < 4.78 is 0. The van der Waals surface area contributed by atoms with E-state index in [1.54, 1.807) is 0 Å². The largest absolute Gasteiger partial charge is 0.311 e. The third-order valence-electron chi connectivity index (χ3n) is 2.78. The van der Waals surface area contributed by atoms with Gasteiger partial charge in [0.1, 0.15) is 0 Å². The van der Waals surface area contributed by atoms with E-state index in [2.05, 4.69) is 32.2 Å². The van der Waals surface area contributed by atoms with E-state index in [-0.39, 0.29) is 0 Å². The van der Waals surface area contributed by atoms with E-state index in [9.17, 15) is 0 Å². The molecular formula is C12H23N. The fourth-order valence-electron chi connectivity index (χ4n) is 2.04. The Bertz CT molecular complexity index is 168. The summed E-state index contributed by atoms with van der Waals surface area (Å²) in [5.74, 6) is 0.